The van der Waals surface area contributed by atoms with Gasteiger partial charge in [-0.1, -0.05) is 17.7 Å². The maximum atomic E-state index is 13.4. The molecule has 0 aromatic heterocycles. The Hall–Kier alpha value is -1.30. The van der Waals surface area contributed by atoms with Crippen molar-refractivity contribution in [1.29, 1.82) is 0 Å². The molecule has 0 saturated carbocycles. The van der Waals surface area contributed by atoms with Crippen LogP contribution < -0.4 is 4.74 Å². The summed E-state index contributed by atoms with van der Waals surface area (Å²) < 4.78 is 54.0. The summed E-state index contributed by atoms with van der Waals surface area (Å²) in [6, 6.07) is 3.63. The predicted octanol–water partition coefficient (Wildman–Crippen LogP) is 3.67. The molecule has 0 aliphatic rings. The van der Waals surface area contributed by atoms with Crippen molar-refractivity contribution < 1.29 is 22.3 Å². The molecule has 1 aromatic carbocycles. The van der Waals surface area contributed by atoms with Gasteiger partial charge in [0.15, 0.2) is 11.6 Å². The van der Waals surface area contributed by atoms with Gasteiger partial charge in [-0.15, -0.1) is 0 Å². The lowest BCUT2D eigenvalue weighted by Gasteiger charge is -2.06. The van der Waals surface area contributed by atoms with E-state index in [1.165, 1.54) is 19.2 Å². The zero-order chi connectivity index (χ0) is 12.3. The van der Waals surface area contributed by atoms with Gasteiger partial charge < -0.3 is 4.74 Å². The van der Waals surface area contributed by atoms with Crippen molar-refractivity contribution in [3.05, 3.63) is 24.0 Å². The molecule has 0 aliphatic carbocycles. The number of halogens is 5. The number of benzene rings is 1. The van der Waals surface area contributed by atoms with Crippen LogP contribution in [-0.2, 0) is 0 Å². The molecule has 16 heavy (non-hydrogen) atoms. The Kier molecular flexibility index (Phi) is 3.74. The summed E-state index contributed by atoms with van der Waals surface area (Å²) in [7, 11) is 1.19. The first-order valence-corrected chi connectivity index (χ1v) is 4.38. The highest BCUT2D eigenvalue weighted by molar-refractivity contribution is 6.67. The topological polar surface area (TPSA) is 21.6 Å². The number of methoxy groups -OCH3 is 1. The summed E-state index contributed by atoms with van der Waals surface area (Å²) >= 11 is 4.88. The van der Waals surface area contributed by atoms with Crippen molar-refractivity contribution in [3.8, 4) is 5.75 Å². The summed E-state index contributed by atoms with van der Waals surface area (Å²) in [5, 5.41) is -1.64. The highest BCUT2D eigenvalue weighted by atomic mass is 35.5. The fraction of sp³-hybridized carbons (Fsp3) is 0.222. The van der Waals surface area contributed by atoms with Crippen molar-refractivity contribution in [3.63, 3.8) is 0 Å². The van der Waals surface area contributed by atoms with Crippen LogP contribution in [0, 0.1) is 5.82 Å². The molecule has 7 heteroatoms. The van der Waals surface area contributed by atoms with Crippen molar-refractivity contribution in [2.24, 2.45) is 4.99 Å². The Labute approximate surface area is 93.5 Å². The van der Waals surface area contributed by atoms with E-state index in [9.17, 15) is 17.6 Å². The Morgan fingerprint density at radius 3 is 2.50 bits per heavy atom. The van der Waals surface area contributed by atoms with Gasteiger partial charge >= 0.3 is 6.18 Å². The molecule has 2 nitrogen and oxygen atoms in total. The van der Waals surface area contributed by atoms with Crippen LogP contribution in [0.15, 0.2) is 23.2 Å². The molecule has 1 rings (SSSR count). The number of alkyl halides is 3. The van der Waals surface area contributed by atoms with E-state index >= 15 is 0 Å². The normalized spacial score (nSPS) is 12.8. The smallest absolute Gasteiger partial charge is 0.444 e. The van der Waals surface area contributed by atoms with Crippen molar-refractivity contribution in [2.45, 2.75) is 6.18 Å². The molecule has 0 bridgehead atoms. The summed E-state index contributed by atoms with van der Waals surface area (Å²) in [5.74, 6) is -1.19. The molecule has 0 N–H and O–H groups in total. The van der Waals surface area contributed by atoms with Gasteiger partial charge in [-0.05, 0) is 12.1 Å². The Balaban J connectivity index is 3.16. The third-order valence-corrected chi connectivity index (χ3v) is 1.91. The molecule has 0 heterocycles. The molecule has 0 saturated heterocycles. The first kappa shape index (κ1) is 12.8. The van der Waals surface area contributed by atoms with Gasteiger partial charge in [-0.2, -0.15) is 13.2 Å². The molecule has 0 atom stereocenters. The molecule has 0 amide bonds. The quantitative estimate of drug-likeness (QED) is 0.584. The summed E-state index contributed by atoms with van der Waals surface area (Å²) in [4.78, 5) is 2.94. The van der Waals surface area contributed by atoms with Gasteiger partial charge in [0.2, 0.25) is 5.17 Å². The number of rotatable bonds is 2. The van der Waals surface area contributed by atoms with E-state index in [0.717, 1.165) is 6.07 Å². The number of hydrogen-bond acceptors (Lipinski definition) is 2. The maximum absolute atomic E-state index is 13.4. The Morgan fingerprint density at radius 2 is 2.00 bits per heavy atom. The van der Waals surface area contributed by atoms with E-state index in [1.54, 1.807) is 0 Å². The standard InChI is InChI=1S/C9H6ClF4NO/c1-16-6-4-2-3-5(7(6)11)15-8(10)9(12,13)14/h2-4H,1H3. The molecular formula is C9H6ClF4NO. The monoisotopic (exact) mass is 255 g/mol. The van der Waals surface area contributed by atoms with Gasteiger partial charge in [0, 0.05) is 0 Å². The van der Waals surface area contributed by atoms with Crippen molar-refractivity contribution in [2.75, 3.05) is 7.11 Å². The summed E-state index contributed by atoms with van der Waals surface area (Å²) in [5.41, 5.74) is -0.526. The van der Waals surface area contributed by atoms with Crippen LogP contribution in [-0.4, -0.2) is 18.5 Å². The highest BCUT2D eigenvalue weighted by Gasteiger charge is 2.34. The van der Waals surface area contributed by atoms with Crippen LogP contribution in [0.1, 0.15) is 0 Å². The highest BCUT2D eigenvalue weighted by Crippen LogP contribution is 2.29. The van der Waals surface area contributed by atoms with Crippen molar-refractivity contribution >= 4 is 22.5 Å². The maximum Gasteiger partial charge on any atom is 0.444 e. The second-order valence-corrected chi connectivity index (χ2v) is 3.05. The molecular weight excluding hydrogens is 250 g/mol. The van der Waals surface area contributed by atoms with Gasteiger partial charge in [-0.25, -0.2) is 9.38 Å². The van der Waals surface area contributed by atoms with Crippen LogP contribution >= 0.6 is 11.6 Å². The number of hydrogen-bond donors (Lipinski definition) is 0. The molecule has 0 aliphatic heterocycles. The second-order valence-electron chi connectivity index (χ2n) is 2.69. The van der Waals surface area contributed by atoms with Crippen LogP contribution in [0.3, 0.4) is 0 Å². The van der Waals surface area contributed by atoms with E-state index in [1.807, 2.05) is 0 Å². The van der Waals surface area contributed by atoms with E-state index < -0.39 is 22.9 Å². The molecule has 0 unspecified atom stereocenters. The summed E-state index contributed by atoms with van der Waals surface area (Å²) in [6.45, 7) is 0. The van der Waals surface area contributed by atoms with Gasteiger partial charge in [0.1, 0.15) is 5.69 Å². The predicted molar refractivity (Wildman–Crippen MR) is 52.0 cm³/mol. The largest absolute Gasteiger partial charge is 0.494 e. The fourth-order valence-corrected chi connectivity index (χ4v) is 1.00. The third-order valence-electron chi connectivity index (χ3n) is 1.62. The lowest BCUT2D eigenvalue weighted by Crippen LogP contribution is -2.16. The minimum Gasteiger partial charge on any atom is -0.494 e. The van der Waals surface area contributed by atoms with E-state index in [-0.39, 0.29) is 5.75 Å². The summed E-state index contributed by atoms with van der Waals surface area (Å²) in [6.07, 6.45) is -4.79. The van der Waals surface area contributed by atoms with Crippen LogP contribution in [0.2, 0.25) is 0 Å². The molecule has 1 aromatic rings. The average Bonchev–Trinajstić information content (AvgIpc) is 2.19. The van der Waals surface area contributed by atoms with Gasteiger partial charge in [0.25, 0.3) is 0 Å². The first-order chi connectivity index (χ1) is 7.36. The zero-order valence-electron chi connectivity index (χ0n) is 7.98. The first-order valence-electron chi connectivity index (χ1n) is 4.00. The van der Waals surface area contributed by atoms with Crippen LogP contribution in [0.5, 0.6) is 5.75 Å². The lowest BCUT2D eigenvalue weighted by atomic mass is 10.3. The number of ether oxygens (including phenoxy) is 1. The van der Waals surface area contributed by atoms with Gasteiger partial charge in [-0.3, -0.25) is 0 Å². The van der Waals surface area contributed by atoms with Gasteiger partial charge in [0.05, 0.1) is 7.11 Å². The second kappa shape index (κ2) is 4.69. The molecule has 88 valence electrons. The zero-order valence-corrected chi connectivity index (χ0v) is 8.73. The van der Waals surface area contributed by atoms with E-state index in [2.05, 4.69) is 9.73 Å². The Morgan fingerprint density at radius 1 is 1.38 bits per heavy atom. The average molecular weight is 256 g/mol. The minimum atomic E-state index is -4.79. The Bertz CT molecular complexity index is 416. The van der Waals surface area contributed by atoms with E-state index in [4.69, 9.17) is 11.6 Å². The van der Waals surface area contributed by atoms with E-state index in [0.29, 0.717) is 0 Å². The number of nitrogens with zero attached hydrogens (tertiary/aromatic N) is 1. The lowest BCUT2D eigenvalue weighted by molar-refractivity contribution is -0.0558. The van der Waals surface area contributed by atoms with Crippen molar-refractivity contribution in [1.82, 2.24) is 0 Å². The van der Waals surface area contributed by atoms with Crippen LogP contribution in [0.25, 0.3) is 0 Å². The SMILES string of the molecule is COc1cccc(N=C(Cl)C(F)(F)F)c1F. The number of aliphatic imine (C=N–C) groups is 1. The van der Waals surface area contributed by atoms with Crippen LogP contribution in [0.4, 0.5) is 23.2 Å². The third kappa shape index (κ3) is 2.85. The molecule has 0 fully saturated rings. The minimum absolute atomic E-state index is 0.201. The fourth-order valence-electron chi connectivity index (χ4n) is 0.912. The molecule has 0 spiro atoms. The molecule has 0 radical (unpaired) electrons.